The summed E-state index contributed by atoms with van der Waals surface area (Å²) in [6.07, 6.45) is -0.390. The van der Waals surface area contributed by atoms with Crippen LogP contribution < -0.4 is 0 Å². The molecular weight excluding hydrogens is 232 g/mol. The van der Waals surface area contributed by atoms with Crippen molar-refractivity contribution in [2.75, 3.05) is 12.4 Å². The van der Waals surface area contributed by atoms with Gasteiger partial charge in [0.25, 0.3) is 0 Å². The number of rotatable bonds is 5. The van der Waals surface area contributed by atoms with E-state index in [1.807, 2.05) is 24.3 Å². The second kappa shape index (κ2) is 6.43. The van der Waals surface area contributed by atoms with E-state index in [1.165, 1.54) is 4.90 Å². The summed E-state index contributed by atoms with van der Waals surface area (Å²) in [5, 5.41) is 9.39. The molecule has 0 heterocycles. The van der Waals surface area contributed by atoms with Gasteiger partial charge in [-0.1, -0.05) is 12.1 Å². The highest BCUT2D eigenvalue weighted by Gasteiger charge is 2.09. The third-order valence-corrected chi connectivity index (χ3v) is 3.23. The molecule has 0 spiro atoms. The largest absolute Gasteiger partial charge is 0.389 e. The van der Waals surface area contributed by atoms with Crippen LogP contribution in [0, 0.1) is 0 Å². The average molecular weight is 254 g/mol. The summed E-state index contributed by atoms with van der Waals surface area (Å²) < 4.78 is 5.65. The summed E-state index contributed by atoms with van der Waals surface area (Å²) in [5.41, 5.74) is 0.900. The van der Waals surface area contributed by atoms with Crippen LogP contribution in [0.4, 0.5) is 0 Å². The van der Waals surface area contributed by atoms with Gasteiger partial charge in [-0.2, -0.15) is 0 Å². The molecule has 2 nitrogen and oxygen atoms in total. The monoisotopic (exact) mass is 254 g/mol. The number of hydrogen-bond donors (Lipinski definition) is 1. The van der Waals surface area contributed by atoms with E-state index in [0.29, 0.717) is 0 Å². The number of thioether (sulfide) groups is 1. The Morgan fingerprint density at radius 2 is 1.82 bits per heavy atom. The van der Waals surface area contributed by atoms with Gasteiger partial charge in [-0.25, -0.2) is 0 Å². The molecule has 0 aliphatic rings. The fourth-order valence-corrected chi connectivity index (χ4v) is 2.08. The Bertz CT molecular complexity index is 325. The van der Waals surface area contributed by atoms with E-state index in [2.05, 4.69) is 20.8 Å². The van der Waals surface area contributed by atoms with Crippen molar-refractivity contribution in [1.29, 1.82) is 0 Å². The third kappa shape index (κ3) is 6.10. The van der Waals surface area contributed by atoms with Crippen molar-refractivity contribution >= 4 is 11.8 Å². The van der Waals surface area contributed by atoms with Gasteiger partial charge >= 0.3 is 0 Å². The summed E-state index contributed by atoms with van der Waals surface area (Å²) >= 11 is 1.77. The zero-order chi connectivity index (χ0) is 12.9. The van der Waals surface area contributed by atoms with Crippen molar-refractivity contribution in [3.63, 3.8) is 0 Å². The van der Waals surface area contributed by atoms with E-state index in [4.69, 9.17) is 4.74 Å². The molecule has 0 amide bonds. The van der Waals surface area contributed by atoms with Crippen LogP contribution >= 0.6 is 11.8 Å². The lowest BCUT2D eigenvalue weighted by atomic mass is 10.1. The minimum Gasteiger partial charge on any atom is -0.389 e. The Balaban J connectivity index is 2.33. The number of ether oxygens (including phenoxy) is 1. The first-order valence-electron chi connectivity index (χ1n) is 5.93. The molecule has 0 aromatic heterocycles. The summed E-state index contributed by atoms with van der Waals surface area (Å²) in [7, 11) is 0. The smallest absolute Gasteiger partial charge is 0.0761 e. The second-order valence-electron chi connectivity index (χ2n) is 5.05. The summed E-state index contributed by atoms with van der Waals surface area (Å²) in [5.74, 6) is 0.950. The molecule has 1 aromatic rings. The van der Waals surface area contributed by atoms with Crippen molar-refractivity contribution in [2.24, 2.45) is 0 Å². The quantitative estimate of drug-likeness (QED) is 0.642. The van der Waals surface area contributed by atoms with Crippen molar-refractivity contribution in [1.82, 2.24) is 0 Å². The SMILES string of the molecule is CC(O)c1ccc(SCCOC(C)(C)C)cc1. The number of aliphatic hydroxyl groups is 1. The first-order valence-corrected chi connectivity index (χ1v) is 6.92. The molecule has 0 fully saturated rings. The van der Waals surface area contributed by atoms with Gasteiger partial charge in [-0.05, 0) is 45.4 Å². The minimum absolute atomic E-state index is 0.0588. The maximum Gasteiger partial charge on any atom is 0.0761 e. The molecule has 17 heavy (non-hydrogen) atoms. The molecule has 96 valence electrons. The van der Waals surface area contributed by atoms with Crippen LogP contribution in [0.1, 0.15) is 39.4 Å². The highest BCUT2D eigenvalue weighted by atomic mass is 32.2. The van der Waals surface area contributed by atoms with Gasteiger partial charge in [0, 0.05) is 10.6 Å². The lowest BCUT2D eigenvalue weighted by molar-refractivity contribution is 0.00695. The standard InChI is InChI=1S/C14H22O2S/c1-11(15)12-5-7-13(8-6-12)17-10-9-16-14(2,3)4/h5-8,11,15H,9-10H2,1-4H3. The number of aliphatic hydroxyl groups excluding tert-OH is 1. The lowest BCUT2D eigenvalue weighted by Crippen LogP contribution is -2.20. The van der Waals surface area contributed by atoms with Crippen molar-refractivity contribution in [3.8, 4) is 0 Å². The zero-order valence-electron chi connectivity index (χ0n) is 11.1. The first-order chi connectivity index (χ1) is 7.88. The van der Waals surface area contributed by atoms with Crippen LogP contribution in [0.5, 0.6) is 0 Å². The van der Waals surface area contributed by atoms with Crippen LogP contribution in [0.25, 0.3) is 0 Å². The van der Waals surface area contributed by atoms with E-state index >= 15 is 0 Å². The fraction of sp³-hybridized carbons (Fsp3) is 0.571. The van der Waals surface area contributed by atoms with Crippen LogP contribution in [0.2, 0.25) is 0 Å². The van der Waals surface area contributed by atoms with Crippen LogP contribution in [-0.4, -0.2) is 23.1 Å². The van der Waals surface area contributed by atoms with Gasteiger partial charge in [-0.15, -0.1) is 11.8 Å². The molecular formula is C14H22O2S. The summed E-state index contributed by atoms with van der Waals surface area (Å²) in [4.78, 5) is 1.21. The van der Waals surface area contributed by atoms with E-state index in [0.717, 1.165) is 17.9 Å². The Morgan fingerprint density at radius 3 is 2.29 bits per heavy atom. The molecule has 0 saturated carbocycles. The Morgan fingerprint density at radius 1 is 1.24 bits per heavy atom. The lowest BCUT2D eigenvalue weighted by Gasteiger charge is -2.19. The molecule has 0 aliphatic heterocycles. The summed E-state index contributed by atoms with van der Waals surface area (Å²) in [6.45, 7) is 8.73. The van der Waals surface area contributed by atoms with Crippen molar-refractivity contribution < 1.29 is 9.84 Å². The van der Waals surface area contributed by atoms with E-state index in [9.17, 15) is 5.11 Å². The molecule has 1 aromatic carbocycles. The number of hydrogen-bond acceptors (Lipinski definition) is 3. The maximum absolute atomic E-state index is 9.39. The fourth-order valence-electron chi connectivity index (χ4n) is 1.35. The molecule has 1 atom stereocenters. The topological polar surface area (TPSA) is 29.5 Å². The predicted octanol–water partition coefficient (Wildman–Crippen LogP) is 3.65. The van der Waals surface area contributed by atoms with Gasteiger partial charge < -0.3 is 9.84 Å². The van der Waals surface area contributed by atoms with Gasteiger partial charge in [0.05, 0.1) is 18.3 Å². The van der Waals surface area contributed by atoms with Crippen LogP contribution in [0.15, 0.2) is 29.2 Å². The molecule has 3 heteroatoms. The molecule has 0 saturated heterocycles. The van der Waals surface area contributed by atoms with Crippen molar-refractivity contribution in [3.05, 3.63) is 29.8 Å². The maximum atomic E-state index is 9.39. The zero-order valence-corrected chi connectivity index (χ0v) is 11.9. The van der Waals surface area contributed by atoms with Gasteiger partial charge in [0.1, 0.15) is 0 Å². The van der Waals surface area contributed by atoms with Crippen LogP contribution in [0.3, 0.4) is 0 Å². The van der Waals surface area contributed by atoms with Crippen LogP contribution in [-0.2, 0) is 4.74 Å². The Labute approximate surface area is 108 Å². The highest BCUT2D eigenvalue weighted by Crippen LogP contribution is 2.21. The first kappa shape index (κ1) is 14.6. The molecule has 1 N–H and O–H groups in total. The Hall–Kier alpha value is -0.510. The Kier molecular flexibility index (Phi) is 5.50. The third-order valence-electron chi connectivity index (χ3n) is 2.25. The number of benzene rings is 1. The van der Waals surface area contributed by atoms with E-state index in [1.54, 1.807) is 18.7 Å². The molecule has 0 aliphatic carbocycles. The predicted molar refractivity (Wildman–Crippen MR) is 73.5 cm³/mol. The summed E-state index contributed by atoms with van der Waals surface area (Å²) in [6, 6.07) is 8.03. The molecule has 1 rings (SSSR count). The van der Waals surface area contributed by atoms with Gasteiger partial charge in [-0.3, -0.25) is 0 Å². The van der Waals surface area contributed by atoms with E-state index < -0.39 is 6.10 Å². The highest BCUT2D eigenvalue weighted by molar-refractivity contribution is 7.99. The van der Waals surface area contributed by atoms with E-state index in [-0.39, 0.29) is 5.60 Å². The second-order valence-corrected chi connectivity index (χ2v) is 6.22. The normalized spacial score (nSPS) is 13.7. The average Bonchev–Trinajstić information content (AvgIpc) is 2.24. The minimum atomic E-state index is -0.390. The molecule has 1 unspecified atom stereocenters. The van der Waals surface area contributed by atoms with Crippen molar-refractivity contribution in [2.45, 2.75) is 44.3 Å². The van der Waals surface area contributed by atoms with Gasteiger partial charge in [0.15, 0.2) is 0 Å². The van der Waals surface area contributed by atoms with Gasteiger partial charge in [0.2, 0.25) is 0 Å². The molecule has 0 bridgehead atoms. The molecule has 0 radical (unpaired) electrons.